The largest absolute Gasteiger partial charge is 0.306 e. The second-order valence-electron chi connectivity index (χ2n) is 8.17. The fourth-order valence-corrected chi connectivity index (χ4v) is 4.65. The van der Waals surface area contributed by atoms with Crippen molar-refractivity contribution in [2.75, 3.05) is 18.0 Å². The van der Waals surface area contributed by atoms with E-state index in [2.05, 4.69) is 46.3 Å². The SMILES string of the molecule is CC(=O)N(c1ccccc1)C1(Cc2ccccn2)CCN(Cc2ccccc2)CC1. The highest BCUT2D eigenvalue weighted by atomic mass is 16.2. The zero-order valence-corrected chi connectivity index (χ0v) is 17.6. The average Bonchev–Trinajstić information content (AvgIpc) is 2.77. The van der Waals surface area contributed by atoms with Crippen LogP contribution in [0.15, 0.2) is 85.1 Å². The minimum absolute atomic E-state index is 0.0913. The molecular weight excluding hydrogens is 370 g/mol. The highest BCUT2D eigenvalue weighted by Crippen LogP contribution is 2.36. The van der Waals surface area contributed by atoms with Crippen LogP contribution >= 0.6 is 0 Å². The Labute approximate surface area is 179 Å². The van der Waals surface area contributed by atoms with Gasteiger partial charge in [0.1, 0.15) is 0 Å². The number of nitrogens with zero attached hydrogens (tertiary/aromatic N) is 3. The first kappa shape index (κ1) is 20.3. The van der Waals surface area contributed by atoms with Crippen molar-refractivity contribution >= 4 is 11.6 Å². The lowest BCUT2D eigenvalue weighted by Crippen LogP contribution is -2.58. The number of piperidine rings is 1. The number of para-hydroxylation sites is 1. The molecule has 0 atom stereocenters. The van der Waals surface area contributed by atoms with Gasteiger partial charge in [-0.1, -0.05) is 54.6 Å². The summed E-state index contributed by atoms with van der Waals surface area (Å²) in [4.78, 5) is 22.0. The summed E-state index contributed by atoms with van der Waals surface area (Å²) in [5, 5.41) is 0. The van der Waals surface area contributed by atoms with E-state index < -0.39 is 0 Å². The molecule has 1 saturated heterocycles. The fourth-order valence-electron chi connectivity index (χ4n) is 4.65. The Bertz CT molecular complexity index is 936. The molecule has 1 fully saturated rings. The van der Waals surface area contributed by atoms with Gasteiger partial charge >= 0.3 is 0 Å². The molecule has 0 radical (unpaired) electrons. The monoisotopic (exact) mass is 399 g/mol. The van der Waals surface area contributed by atoms with Gasteiger partial charge in [-0.3, -0.25) is 14.7 Å². The van der Waals surface area contributed by atoms with E-state index in [9.17, 15) is 4.79 Å². The average molecular weight is 400 g/mol. The Kier molecular flexibility index (Phi) is 6.24. The van der Waals surface area contributed by atoms with Gasteiger partial charge in [-0.25, -0.2) is 0 Å². The van der Waals surface area contributed by atoms with Gasteiger partial charge in [0, 0.05) is 50.6 Å². The molecule has 4 heteroatoms. The molecule has 0 bridgehead atoms. The number of carbonyl (C=O) groups is 1. The van der Waals surface area contributed by atoms with Crippen molar-refractivity contribution in [1.29, 1.82) is 0 Å². The van der Waals surface area contributed by atoms with Gasteiger partial charge in [-0.05, 0) is 42.7 Å². The van der Waals surface area contributed by atoms with Crippen molar-refractivity contribution in [3.05, 3.63) is 96.3 Å². The molecule has 0 N–H and O–H groups in total. The molecular formula is C26H29N3O. The summed E-state index contributed by atoms with van der Waals surface area (Å²) in [5.41, 5.74) is 3.07. The first-order chi connectivity index (χ1) is 14.7. The molecule has 30 heavy (non-hydrogen) atoms. The predicted octanol–water partition coefficient (Wildman–Crippen LogP) is 4.71. The number of anilines is 1. The lowest BCUT2D eigenvalue weighted by molar-refractivity contribution is -0.118. The van der Waals surface area contributed by atoms with Crippen LogP contribution in [0.25, 0.3) is 0 Å². The van der Waals surface area contributed by atoms with Crippen LogP contribution < -0.4 is 4.90 Å². The number of carbonyl (C=O) groups excluding carboxylic acids is 1. The number of pyridine rings is 1. The zero-order chi connectivity index (χ0) is 20.8. The molecule has 1 aliphatic rings. The normalized spacial score (nSPS) is 16.2. The number of aromatic nitrogens is 1. The van der Waals surface area contributed by atoms with Gasteiger partial charge in [0.2, 0.25) is 5.91 Å². The first-order valence-corrected chi connectivity index (χ1v) is 10.7. The van der Waals surface area contributed by atoms with Crippen molar-refractivity contribution < 1.29 is 4.79 Å². The molecule has 0 unspecified atom stereocenters. The maximum Gasteiger partial charge on any atom is 0.224 e. The summed E-state index contributed by atoms with van der Waals surface area (Å²) in [7, 11) is 0. The van der Waals surface area contributed by atoms with Crippen LogP contribution in [0.2, 0.25) is 0 Å². The quantitative estimate of drug-likeness (QED) is 0.602. The Morgan fingerprint density at radius 1 is 0.933 bits per heavy atom. The van der Waals surface area contributed by atoms with Crippen molar-refractivity contribution in [2.45, 2.75) is 38.3 Å². The molecule has 4 nitrogen and oxygen atoms in total. The van der Waals surface area contributed by atoms with Gasteiger partial charge in [0.05, 0.1) is 5.54 Å². The second kappa shape index (κ2) is 9.23. The van der Waals surface area contributed by atoms with Crippen LogP contribution in [0.3, 0.4) is 0 Å². The zero-order valence-electron chi connectivity index (χ0n) is 17.6. The third-order valence-electron chi connectivity index (χ3n) is 6.08. The molecule has 0 saturated carbocycles. The Balaban J connectivity index is 1.61. The minimum atomic E-state index is -0.269. The second-order valence-corrected chi connectivity index (χ2v) is 8.17. The fraction of sp³-hybridized carbons (Fsp3) is 0.308. The number of hydrogen-bond acceptors (Lipinski definition) is 3. The van der Waals surface area contributed by atoms with Crippen LogP contribution in [-0.2, 0) is 17.8 Å². The summed E-state index contributed by atoms with van der Waals surface area (Å²) in [6, 6.07) is 26.7. The van der Waals surface area contributed by atoms with E-state index in [1.807, 2.05) is 53.6 Å². The van der Waals surface area contributed by atoms with Crippen LogP contribution in [-0.4, -0.2) is 34.4 Å². The van der Waals surface area contributed by atoms with Gasteiger partial charge in [-0.15, -0.1) is 0 Å². The van der Waals surface area contributed by atoms with Crippen LogP contribution in [0.4, 0.5) is 5.69 Å². The predicted molar refractivity (Wildman–Crippen MR) is 121 cm³/mol. The highest BCUT2D eigenvalue weighted by molar-refractivity contribution is 5.93. The lowest BCUT2D eigenvalue weighted by Gasteiger charge is -2.48. The summed E-state index contributed by atoms with van der Waals surface area (Å²) < 4.78 is 0. The van der Waals surface area contributed by atoms with Gasteiger partial charge in [0.25, 0.3) is 0 Å². The number of likely N-dealkylation sites (tertiary alicyclic amines) is 1. The van der Waals surface area contributed by atoms with E-state index in [1.54, 1.807) is 6.92 Å². The van der Waals surface area contributed by atoms with Gasteiger partial charge < -0.3 is 4.90 Å². The summed E-state index contributed by atoms with van der Waals surface area (Å²) in [6.07, 6.45) is 4.45. The molecule has 2 aromatic carbocycles. The van der Waals surface area contributed by atoms with Crippen molar-refractivity contribution in [2.24, 2.45) is 0 Å². The third-order valence-corrected chi connectivity index (χ3v) is 6.08. The lowest BCUT2D eigenvalue weighted by atomic mass is 9.80. The standard InChI is InChI=1S/C26H29N3O/c1-22(30)29(25-13-6-3-7-14-25)26(20-24-12-8-9-17-27-24)15-18-28(19-16-26)21-23-10-4-2-5-11-23/h2-14,17H,15-16,18-21H2,1H3. The van der Waals surface area contributed by atoms with Crippen molar-refractivity contribution in [3.63, 3.8) is 0 Å². The van der Waals surface area contributed by atoms with Crippen LogP contribution in [0, 0.1) is 0 Å². The first-order valence-electron chi connectivity index (χ1n) is 10.7. The van der Waals surface area contributed by atoms with Crippen LogP contribution in [0.1, 0.15) is 31.0 Å². The number of rotatable bonds is 6. The van der Waals surface area contributed by atoms with Gasteiger partial charge in [0.15, 0.2) is 0 Å². The van der Waals surface area contributed by atoms with E-state index in [0.29, 0.717) is 0 Å². The topological polar surface area (TPSA) is 36.4 Å². The van der Waals surface area contributed by atoms with Gasteiger partial charge in [-0.2, -0.15) is 0 Å². The molecule has 4 rings (SSSR count). The molecule has 0 aliphatic carbocycles. The molecule has 1 aromatic heterocycles. The maximum atomic E-state index is 12.9. The van der Waals surface area contributed by atoms with E-state index in [1.165, 1.54) is 5.56 Å². The van der Waals surface area contributed by atoms with Crippen molar-refractivity contribution in [3.8, 4) is 0 Å². The summed E-state index contributed by atoms with van der Waals surface area (Å²) in [6.45, 7) is 4.55. The minimum Gasteiger partial charge on any atom is -0.306 e. The van der Waals surface area contributed by atoms with Crippen LogP contribution in [0.5, 0.6) is 0 Å². The molecule has 0 spiro atoms. The van der Waals surface area contributed by atoms with Crippen molar-refractivity contribution in [1.82, 2.24) is 9.88 Å². The van der Waals surface area contributed by atoms with E-state index in [-0.39, 0.29) is 11.4 Å². The number of amides is 1. The van der Waals surface area contributed by atoms with E-state index in [0.717, 1.165) is 50.3 Å². The molecule has 1 aliphatic heterocycles. The summed E-state index contributed by atoms with van der Waals surface area (Å²) in [5.74, 6) is 0.0913. The number of benzene rings is 2. The Hall–Kier alpha value is -2.98. The summed E-state index contributed by atoms with van der Waals surface area (Å²) >= 11 is 0. The molecule has 154 valence electrons. The molecule has 1 amide bonds. The molecule has 2 heterocycles. The highest BCUT2D eigenvalue weighted by Gasteiger charge is 2.42. The maximum absolute atomic E-state index is 12.9. The molecule has 3 aromatic rings. The Morgan fingerprint density at radius 3 is 2.17 bits per heavy atom. The van der Waals surface area contributed by atoms with E-state index in [4.69, 9.17) is 0 Å². The Morgan fingerprint density at radius 2 is 1.57 bits per heavy atom. The smallest absolute Gasteiger partial charge is 0.224 e. The third kappa shape index (κ3) is 4.60. The van der Waals surface area contributed by atoms with E-state index >= 15 is 0 Å². The number of hydrogen-bond donors (Lipinski definition) is 0.